The highest BCUT2D eigenvalue weighted by Gasteiger charge is 2.27. The fourth-order valence-corrected chi connectivity index (χ4v) is 3.90. The quantitative estimate of drug-likeness (QED) is 0.752. The number of benzene rings is 2. The van der Waals surface area contributed by atoms with Crippen LogP contribution in [0.1, 0.15) is 39.8 Å². The fourth-order valence-electron chi connectivity index (χ4n) is 3.90. The number of nitrogens with one attached hydrogen (secondary N) is 1. The van der Waals surface area contributed by atoms with Crippen LogP contribution in [0.4, 0.5) is 0 Å². The van der Waals surface area contributed by atoms with Crippen molar-refractivity contribution in [2.24, 2.45) is 0 Å². The first-order valence-electron chi connectivity index (χ1n) is 9.43. The fraction of sp³-hybridized carbons (Fsp3) is 0.273. The Hall–Kier alpha value is -3.28. The number of rotatable bonds is 3. The minimum atomic E-state index is -0.262. The number of aromatic nitrogens is 1. The second-order valence-electron chi connectivity index (χ2n) is 7.07. The van der Waals surface area contributed by atoms with Crippen LogP contribution < -0.4 is 14.8 Å². The molecule has 1 aromatic heterocycles. The molecule has 28 heavy (non-hydrogen) atoms. The van der Waals surface area contributed by atoms with Crippen molar-refractivity contribution in [2.75, 3.05) is 13.2 Å². The second kappa shape index (κ2) is 6.71. The number of hydrogen-bond donors (Lipinski definition) is 1. The number of oxazole rings is 1. The lowest BCUT2D eigenvalue weighted by molar-refractivity contribution is 0.0896. The van der Waals surface area contributed by atoms with Gasteiger partial charge in [0.25, 0.3) is 5.91 Å². The number of fused-ring (bicyclic) bond motifs is 2. The molecule has 2 aromatic carbocycles. The molecule has 0 saturated heterocycles. The van der Waals surface area contributed by atoms with Gasteiger partial charge in [-0.3, -0.25) is 4.79 Å². The average molecular weight is 376 g/mol. The number of aryl methyl sites for hydroxylation is 1. The molecule has 142 valence electrons. The van der Waals surface area contributed by atoms with Gasteiger partial charge in [0, 0.05) is 24.0 Å². The molecule has 2 aliphatic rings. The summed E-state index contributed by atoms with van der Waals surface area (Å²) in [6.07, 6.45) is 2.92. The largest absolute Gasteiger partial charge is 0.493 e. The third-order valence-electron chi connectivity index (χ3n) is 5.33. The maximum Gasteiger partial charge on any atom is 0.289 e. The molecule has 1 atom stereocenters. The van der Waals surface area contributed by atoms with Crippen molar-refractivity contribution < 1.29 is 18.7 Å². The lowest BCUT2D eigenvalue weighted by Crippen LogP contribution is -2.32. The molecule has 0 fully saturated rings. The summed E-state index contributed by atoms with van der Waals surface area (Å²) < 4.78 is 16.9. The summed E-state index contributed by atoms with van der Waals surface area (Å²) in [5.41, 5.74) is 4.90. The van der Waals surface area contributed by atoms with Gasteiger partial charge in [-0.2, -0.15) is 0 Å². The van der Waals surface area contributed by atoms with Crippen LogP contribution in [-0.4, -0.2) is 24.1 Å². The molecule has 1 amide bonds. The highest BCUT2D eigenvalue weighted by molar-refractivity contribution is 5.92. The van der Waals surface area contributed by atoms with E-state index in [-0.39, 0.29) is 17.7 Å². The van der Waals surface area contributed by atoms with Crippen LogP contribution in [0.25, 0.3) is 11.1 Å². The van der Waals surface area contributed by atoms with Crippen LogP contribution in [0.2, 0.25) is 0 Å². The van der Waals surface area contributed by atoms with E-state index in [1.165, 1.54) is 12.0 Å². The van der Waals surface area contributed by atoms with Gasteiger partial charge in [0.1, 0.15) is 11.5 Å². The molecule has 1 unspecified atom stereocenters. The van der Waals surface area contributed by atoms with Crippen molar-refractivity contribution in [1.82, 2.24) is 10.3 Å². The van der Waals surface area contributed by atoms with Gasteiger partial charge < -0.3 is 19.2 Å². The zero-order valence-electron chi connectivity index (χ0n) is 15.5. The van der Waals surface area contributed by atoms with E-state index in [9.17, 15) is 4.79 Å². The zero-order valence-corrected chi connectivity index (χ0v) is 15.5. The first kappa shape index (κ1) is 16.9. The highest BCUT2D eigenvalue weighted by Crippen LogP contribution is 2.40. The summed E-state index contributed by atoms with van der Waals surface area (Å²) in [6.45, 7) is 3.02. The van der Waals surface area contributed by atoms with Gasteiger partial charge in [-0.15, -0.1) is 0 Å². The Bertz CT molecular complexity index is 1060. The van der Waals surface area contributed by atoms with Gasteiger partial charge in [-0.05, 0) is 30.2 Å². The minimum absolute atomic E-state index is 0.154. The first-order valence-corrected chi connectivity index (χ1v) is 9.43. The Labute approximate surface area is 162 Å². The van der Waals surface area contributed by atoms with Crippen molar-refractivity contribution in [2.45, 2.75) is 25.8 Å². The number of para-hydroxylation sites is 1. The molecule has 3 heterocycles. The van der Waals surface area contributed by atoms with E-state index in [1.807, 2.05) is 12.1 Å². The van der Waals surface area contributed by atoms with Gasteiger partial charge in [0.15, 0.2) is 6.39 Å². The van der Waals surface area contributed by atoms with Crippen molar-refractivity contribution >= 4 is 5.91 Å². The SMILES string of the molecule is Cc1ncoc1C(=O)NC1CCOc2ccc(-c3cccc4c3OCC4)cc21. The van der Waals surface area contributed by atoms with Crippen molar-refractivity contribution in [3.05, 3.63) is 65.4 Å². The standard InChI is InChI=1S/C22H20N2O4/c1-13-20(28-12-23-13)22(25)24-18-8-10-26-19-6-5-15(11-17(18)19)16-4-2-3-14-7-9-27-21(14)16/h2-6,11-12,18H,7-10H2,1H3,(H,24,25). The molecule has 1 N–H and O–H groups in total. The molecular weight excluding hydrogens is 356 g/mol. The van der Waals surface area contributed by atoms with E-state index in [2.05, 4.69) is 34.6 Å². The van der Waals surface area contributed by atoms with E-state index in [0.29, 0.717) is 18.7 Å². The predicted molar refractivity (Wildman–Crippen MR) is 103 cm³/mol. The van der Waals surface area contributed by atoms with Gasteiger partial charge in [0.2, 0.25) is 5.76 Å². The molecule has 0 aliphatic carbocycles. The minimum Gasteiger partial charge on any atom is -0.493 e. The topological polar surface area (TPSA) is 73.6 Å². The Morgan fingerprint density at radius 1 is 1.18 bits per heavy atom. The first-order chi connectivity index (χ1) is 13.7. The van der Waals surface area contributed by atoms with E-state index < -0.39 is 0 Å². The summed E-state index contributed by atoms with van der Waals surface area (Å²) in [6, 6.07) is 12.2. The normalized spacial score (nSPS) is 17.2. The molecule has 0 spiro atoms. The molecule has 6 nitrogen and oxygen atoms in total. The molecule has 0 bridgehead atoms. The number of carbonyl (C=O) groups excluding carboxylic acids is 1. The van der Waals surface area contributed by atoms with E-state index in [0.717, 1.165) is 41.2 Å². The zero-order chi connectivity index (χ0) is 19.1. The van der Waals surface area contributed by atoms with Crippen LogP contribution in [0.3, 0.4) is 0 Å². The van der Waals surface area contributed by atoms with E-state index in [4.69, 9.17) is 13.9 Å². The Kier molecular flexibility index (Phi) is 4.04. The Morgan fingerprint density at radius 3 is 2.96 bits per heavy atom. The maximum absolute atomic E-state index is 12.6. The smallest absolute Gasteiger partial charge is 0.289 e. The van der Waals surface area contributed by atoms with Crippen molar-refractivity contribution in [1.29, 1.82) is 0 Å². The van der Waals surface area contributed by atoms with Crippen LogP contribution in [-0.2, 0) is 6.42 Å². The predicted octanol–water partition coefficient (Wildman–Crippen LogP) is 3.84. The van der Waals surface area contributed by atoms with Crippen LogP contribution in [0.15, 0.2) is 47.2 Å². The Morgan fingerprint density at radius 2 is 2.11 bits per heavy atom. The summed E-state index contributed by atoms with van der Waals surface area (Å²) in [4.78, 5) is 16.6. The number of hydrogen-bond acceptors (Lipinski definition) is 5. The number of amides is 1. The maximum atomic E-state index is 12.6. The molecule has 2 aliphatic heterocycles. The van der Waals surface area contributed by atoms with Gasteiger partial charge in [-0.1, -0.05) is 24.3 Å². The summed E-state index contributed by atoms with van der Waals surface area (Å²) >= 11 is 0. The third-order valence-corrected chi connectivity index (χ3v) is 5.33. The third kappa shape index (κ3) is 2.81. The summed E-state index contributed by atoms with van der Waals surface area (Å²) in [7, 11) is 0. The van der Waals surface area contributed by atoms with Crippen LogP contribution >= 0.6 is 0 Å². The average Bonchev–Trinajstić information content (AvgIpc) is 3.36. The number of nitrogens with zero attached hydrogens (tertiary/aromatic N) is 1. The van der Waals surface area contributed by atoms with E-state index in [1.54, 1.807) is 6.92 Å². The van der Waals surface area contributed by atoms with Gasteiger partial charge >= 0.3 is 0 Å². The van der Waals surface area contributed by atoms with Crippen LogP contribution in [0, 0.1) is 6.92 Å². The van der Waals surface area contributed by atoms with E-state index >= 15 is 0 Å². The lowest BCUT2D eigenvalue weighted by atomic mass is 9.94. The molecule has 5 rings (SSSR count). The molecule has 0 radical (unpaired) electrons. The van der Waals surface area contributed by atoms with Crippen molar-refractivity contribution in [3.63, 3.8) is 0 Å². The van der Waals surface area contributed by atoms with Gasteiger partial charge in [0.05, 0.1) is 24.9 Å². The molecule has 6 heteroatoms. The lowest BCUT2D eigenvalue weighted by Gasteiger charge is -2.27. The Balaban J connectivity index is 1.49. The molecule has 0 saturated carbocycles. The summed E-state index contributed by atoms with van der Waals surface area (Å²) in [5, 5.41) is 3.07. The van der Waals surface area contributed by atoms with Gasteiger partial charge in [-0.25, -0.2) is 4.98 Å². The van der Waals surface area contributed by atoms with Crippen molar-refractivity contribution in [3.8, 4) is 22.6 Å². The number of ether oxygens (including phenoxy) is 2. The second-order valence-corrected chi connectivity index (χ2v) is 7.07. The molecule has 3 aromatic rings. The summed E-state index contributed by atoms with van der Waals surface area (Å²) in [5.74, 6) is 1.74. The number of carbonyl (C=O) groups is 1. The molecular formula is C22H20N2O4. The monoisotopic (exact) mass is 376 g/mol. The van der Waals surface area contributed by atoms with Crippen LogP contribution in [0.5, 0.6) is 11.5 Å². The highest BCUT2D eigenvalue weighted by atomic mass is 16.5.